The van der Waals surface area contributed by atoms with Gasteiger partial charge in [-0.25, -0.2) is 9.97 Å². The normalized spacial score (nSPS) is 14.5. The Morgan fingerprint density at radius 1 is 1.30 bits per heavy atom. The third-order valence-corrected chi connectivity index (χ3v) is 4.80. The summed E-state index contributed by atoms with van der Waals surface area (Å²) in [6.07, 6.45) is 3.82. The second-order valence-corrected chi connectivity index (χ2v) is 6.81. The highest BCUT2D eigenvalue weighted by molar-refractivity contribution is 5.93. The van der Waals surface area contributed by atoms with Crippen molar-refractivity contribution in [2.45, 2.75) is 38.6 Å². The number of carbonyl (C=O) groups is 2. The number of carbonyl (C=O) groups excluding carboxylic acids is 2. The van der Waals surface area contributed by atoms with E-state index in [0.717, 1.165) is 34.6 Å². The van der Waals surface area contributed by atoms with Gasteiger partial charge in [-0.15, -0.1) is 0 Å². The number of aryl methyl sites for hydroxylation is 2. The number of aromatic amines is 1. The average Bonchev–Trinajstić information content (AvgIpc) is 3.09. The van der Waals surface area contributed by atoms with Gasteiger partial charge in [0.05, 0.1) is 11.6 Å². The van der Waals surface area contributed by atoms with Crippen molar-refractivity contribution in [2.24, 2.45) is 0 Å². The molecule has 2 aromatic heterocycles. The van der Waals surface area contributed by atoms with Gasteiger partial charge in [0.2, 0.25) is 11.8 Å². The molecule has 0 saturated carbocycles. The van der Waals surface area contributed by atoms with Crippen LogP contribution in [0.2, 0.25) is 0 Å². The number of pyridine rings is 1. The molecule has 0 spiro atoms. The van der Waals surface area contributed by atoms with Crippen LogP contribution < -0.4 is 10.6 Å². The Morgan fingerprint density at radius 3 is 3.04 bits per heavy atom. The van der Waals surface area contributed by atoms with E-state index in [1.807, 2.05) is 31.2 Å². The van der Waals surface area contributed by atoms with Gasteiger partial charge < -0.3 is 15.6 Å². The van der Waals surface area contributed by atoms with Gasteiger partial charge in [0.1, 0.15) is 5.82 Å². The number of aromatic nitrogens is 3. The lowest BCUT2D eigenvalue weighted by Crippen LogP contribution is -2.27. The molecule has 0 radical (unpaired) electrons. The highest BCUT2D eigenvalue weighted by atomic mass is 16.2. The van der Waals surface area contributed by atoms with Gasteiger partial charge in [-0.1, -0.05) is 12.1 Å². The van der Waals surface area contributed by atoms with E-state index in [9.17, 15) is 9.59 Å². The Hall–Kier alpha value is -3.22. The molecule has 1 unspecified atom stereocenters. The molecular formula is C20H21N5O2. The SMILES string of the molecule is CC(NC(=O)CCc1nc2ncccc2[nH]1)c1ccc2c(c1)CCC(=O)N2. The summed E-state index contributed by atoms with van der Waals surface area (Å²) >= 11 is 0. The Morgan fingerprint density at radius 2 is 2.19 bits per heavy atom. The highest BCUT2D eigenvalue weighted by Gasteiger charge is 2.17. The van der Waals surface area contributed by atoms with Gasteiger partial charge in [-0.3, -0.25) is 9.59 Å². The first kappa shape index (κ1) is 17.2. The van der Waals surface area contributed by atoms with Gasteiger partial charge in [0, 0.05) is 31.1 Å². The third kappa shape index (κ3) is 3.81. The number of fused-ring (bicyclic) bond motifs is 2. The van der Waals surface area contributed by atoms with Crippen molar-refractivity contribution in [3.05, 3.63) is 53.5 Å². The van der Waals surface area contributed by atoms with E-state index < -0.39 is 0 Å². The molecule has 138 valence electrons. The second kappa shape index (κ2) is 7.19. The molecule has 1 aliphatic heterocycles. The molecule has 0 saturated heterocycles. The quantitative estimate of drug-likeness (QED) is 0.649. The largest absolute Gasteiger partial charge is 0.350 e. The van der Waals surface area contributed by atoms with E-state index in [4.69, 9.17) is 0 Å². The number of amides is 2. The summed E-state index contributed by atoms with van der Waals surface area (Å²) in [7, 11) is 0. The van der Waals surface area contributed by atoms with Crippen molar-refractivity contribution in [3.8, 4) is 0 Å². The first-order chi connectivity index (χ1) is 13.1. The Balaban J connectivity index is 1.35. The molecule has 3 N–H and O–H groups in total. The van der Waals surface area contributed by atoms with E-state index in [1.165, 1.54) is 0 Å². The monoisotopic (exact) mass is 363 g/mol. The summed E-state index contributed by atoms with van der Waals surface area (Å²) in [4.78, 5) is 35.5. The highest BCUT2D eigenvalue weighted by Crippen LogP contribution is 2.26. The van der Waals surface area contributed by atoms with Crippen LogP contribution in [0, 0.1) is 0 Å². The van der Waals surface area contributed by atoms with Crippen LogP contribution in [0.15, 0.2) is 36.5 Å². The smallest absolute Gasteiger partial charge is 0.224 e. The Kier molecular flexibility index (Phi) is 4.58. The van der Waals surface area contributed by atoms with E-state index >= 15 is 0 Å². The van der Waals surface area contributed by atoms with Crippen molar-refractivity contribution in [2.75, 3.05) is 5.32 Å². The molecule has 27 heavy (non-hydrogen) atoms. The number of anilines is 1. The first-order valence-electron chi connectivity index (χ1n) is 9.10. The van der Waals surface area contributed by atoms with Crippen molar-refractivity contribution in [1.82, 2.24) is 20.3 Å². The maximum absolute atomic E-state index is 12.3. The lowest BCUT2D eigenvalue weighted by molar-refractivity contribution is -0.121. The fraction of sp³-hybridized carbons (Fsp3) is 0.300. The minimum absolute atomic E-state index is 0.0260. The molecule has 3 heterocycles. The maximum Gasteiger partial charge on any atom is 0.224 e. The third-order valence-electron chi connectivity index (χ3n) is 4.80. The van der Waals surface area contributed by atoms with Gasteiger partial charge in [0.25, 0.3) is 0 Å². The molecule has 2 amide bonds. The summed E-state index contributed by atoms with van der Waals surface area (Å²) in [5.41, 5.74) is 4.56. The number of nitrogens with one attached hydrogen (secondary N) is 3. The molecule has 0 aliphatic carbocycles. The molecule has 1 atom stereocenters. The number of imidazole rings is 1. The van der Waals surface area contributed by atoms with Crippen LogP contribution in [0.1, 0.15) is 42.8 Å². The van der Waals surface area contributed by atoms with E-state index in [2.05, 4.69) is 31.7 Å². The predicted molar refractivity (Wildman–Crippen MR) is 102 cm³/mol. The topological polar surface area (TPSA) is 99.8 Å². The first-order valence-corrected chi connectivity index (χ1v) is 9.10. The summed E-state index contributed by atoms with van der Waals surface area (Å²) in [5, 5.41) is 5.91. The average molecular weight is 363 g/mol. The summed E-state index contributed by atoms with van der Waals surface area (Å²) < 4.78 is 0. The Labute approximate surface area is 156 Å². The molecule has 1 aromatic carbocycles. The number of rotatable bonds is 5. The van der Waals surface area contributed by atoms with Crippen LogP contribution in [-0.4, -0.2) is 26.8 Å². The fourth-order valence-electron chi connectivity index (χ4n) is 3.31. The fourth-order valence-corrected chi connectivity index (χ4v) is 3.31. The number of nitrogens with zero attached hydrogens (tertiary/aromatic N) is 2. The molecule has 0 fully saturated rings. The van der Waals surface area contributed by atoms with E-state index in [0.29, 0.717) is 24.9 Å². The Bertz CT molecular complexity index is 978. The van der Waals surface area contributed by atoms with E-state index in [-0.39, 0.29) is 17.9 Å². The summed E-state index contributed by atoms with van der Waals surface area (Å²) in [6.45, 7) is 1.96. The van der Waals surface area contributed by atoms with Crippen LogP contribution in [0.5, 0.6) is 0 Å². The lowest BCUT2D eigenvalue weighted by atomic mass is 9.97. The van der Waals surface area contributed by atoms with Gasteiger partial charge in [0.15, 0.2) is 5.65 Å². The molecular weight excluding hydrogens is 342 g/mol. The summed E-state index contributed by atoms with van der Waals surface area (Å²) in [5.74, 6) is 0.787. The molecule has 3 aromatic rings. The second-order valence-electron chi connectivity index (χ2n) is 6.81. The van der Waals surface area contributed by atoms with Crippen LogP contribution in [0.25, 0.3) is 11.2 Å². The van der Waals surface area contributed by atoms with Crippen LogP contribution in [0.3, 0.4) is 0 Å². The summed E-state index contributed by atoms with van der Waals surface area (Å²) in [6, 6.07) is 9.58. The van der Waals surface area contributed by atoms with Gasteiger partial charge >= 0.3 is 0 Å². The zero-order valence-corrected chi connectivity index (χ0v) is 15.1. The minimum Gasteiger partial charge on any atom is -0.350 e. The number of hydrogen-bond acceptors (Lipinski definition) is 4. The van der Waals surface area contributed by atoms with Crippen molar-refractivity contribution in [1.29, 1.82) is 0 Å². The van der Waals surface area contributed by atoms with Crippen molar-refractivity contribution >= 4 is 28.7 Å². The molecule has 4 rings (SSSR count). The maximum atomic E-state index is 12.3. The van der Waals surface area contributed by atoms with Crippen LogP contribution in [0.4, 0.5) is 5.69 Å². The number of benzene rings is 1. The number of H-pyrrole nitrogens is 1. The van der Waals surface area contributed by atoms with Gasteiger partial charge in [-0.05, 0) is 42.7 Å². The zero-order valence-electron chi connectivity index (χ0n) is 15.1. The predicted octanol–water partition coefficient (Wildman–Crippen LogP) is 2.65. The molecule has 7 heteroatoms. The molecule has 0 bridgehead atoms. The molecule has 7 nitrogen and oxygen atoms in total. The minimum atomic E-state index is -0.0993. The van der Waals surface area contributed by atoms with Crippen LogP contribution >= 0.6 is 0 Å². The van der Waals surface area contributed by atoms with Gasteiger partial charge in [-0.2, -0.15) is 0 Å². The number of hydrogen-bond donors (Lipinski definition) is 3. The standard InChI is InChI=1S/C20H21N5O2/c1-12(13-4-6-15-14(11-13)5-8-19(27)24-15)22-18(26)9-7-17-23-16-3-2-10-21-20(16)25-17/h2-4,6,10-12H,5,7-9H2,1H3,(H,22,26)(H,24,27)(H,21,23,25). The molecule has 1 aliphatic rings. The zero-order chi connectivity index (χ0) is 18.8. The van der Waals surface area contributed by atoms with Crippen molar-refractivity contribution in [3.63, 3.8) is 0 Å². The van der Waals surface area contributed by atoms with Crippen molar-refractivity contribution < 1.29 is 9.59 Å². The van der Waals surface area contributed by atoms with E-state index in [1.54, 1.807) is 6.20 Å². The van der Waals surface area contributed by atoms with Crippen LogP contribution in [-0.2, 0) is 22.4 Å². The lowest BCUT2D eigenvalue weighted by Gasteiger charge is -2.20.